The smallest absolute Gasteiger partial charge is 0.135 e. The van der Waals surface area contributed by atoms with E-state index in [0.29, 0.717) is 0 Å². The summed E-state index contributed by atoms with van der Waals surface area (Å²) in [5.41, 5.74) is 2.45. The number of aromatic nitrogens is 2. The molecule has 0 amide bonds. The highest BCUT2D eigenvalue weighted by atomic mass is 32.1. The summed E-state index contributed by atoms with van der Waals surface area (Å²) in [6.07, 6.45) is 3.65. The van der Waals surface area contributed by atoms with Crippen molar-refractivity contribution < 1.29 is 0 Å². The van der Waals surface area contributed by atoms with Crippen LogP contribution in [0.5, 0.6) is 0 Å². The molecular formula is C14H20N4S. The van der Waals surface area contributed by atoms with Crippen LogP contribution in [0.4, 0.5) is 11.6 Å². The average molecular weight is 276 g/mol. The Balaban J connectivity index is 2.24. The molecule has 1 atom stereocenters. The van der Waals surface area contributed by atoms with E-state index in [2.05, 4.69) is 51.3 Å². The minimum atomic E-state index is 0.251. The maximum atomic E-state index is 4.40. The Labute approximate surface area is 118 Å². The van der Waals surface area contributed by atoms with Crippen molar-refractivity contribution >= 4 is 23.0 Å². The fourth-order valence-electron chi connectivity index (χ4n) is 2.05. The van der Waals surface area contributed by atoms with Gasteiger partial charge in [-0.25, -0.2) is 9.97 Å². The maximum Gasteiger partial charge on any atom is 0.135 e. The van der Waals surface area contributed by atoms with Gasteiger partial charge >= 0.3 is 0 Å². The second-order valence-electron chi connectivity index (χ2n) is 4.47. The van der Waals surface area contributed by atoms with E-state index in [1.54, 1.807) is 17.7 Å². The average Bonchev–Trinajstić information content (AvgIpc) is 2.95. The number of nitrogens with zero attached hydrogens (tertiary/aromatic N) is 2. The van der Waals surface area contributed by atoms with Crippen LogP contribution in [0.15, 0.2) is 23.2 Å². The normalized spacial score (nSPS) is 12.2. The van der Waals surface area contributed by atoms with Crippen LogP contribution in [0.25, 0.3) is 0 Å². The van der Waals surface area contributed by atoms with E-state index in [4.69, 9.17) is 0 Å². The fourth-order valence-corrected chi connectivity index (χ4v) is 2.80. The van der Waals surface area contributed by atoms with Gasteiger partial charge in [0.15, 0.2) is 0 Å². The zero-order chi connectivity index (χ0) is 13.7. The van der Waals surface area contributed by atoms with Crippen molar-refractivity contribution in [1.82, 2.24) is 9.97 Å². The highest BCUT2D eigenvalue weighted by Gasteiger charge is 2.13. The van der Waals surface area contributed by atoms with Crippen LogP contribution in [-0.4, -0.2) is 17.0 Å². The van der Waals surface area contributed by atoms with E-state index >= 15 is 0 Å². The van der Waals surface area contributed by atoms with Crippen LogP contribution in [0.3, 0.4) is 0 Å². The van der Waals surface area contributed by atoms with Gasteiger partial charge in [-0.2, -0.15) is 11.3 Å². The lowest BCUT2D eigenvalue weighted by molar-refractivity contribution is 0.851. The molecule has 1 unspecified atom stereocenters. The minimum absolute atomic E-state index is 0.251. The van der Waals surface area contributed by atoms with Gasteiger partial charge in [-0.3, -0.25) is 0 Å². The first-order valence-electron chi connectivity index (χ1n) is 6.56. The Morgan fingerprint density at radius 3 is 2.74 bits per heavy atom. The summed E-state index contributed by atoms with van der Waals surface area (Å²) in [5.74, 6) is 1.84. The summed E-state index contributed by atoms with van der Waals surface area (Å²) in [6.45, 7) is 4.32. The van der Waals surface area contributed by atoms with Crippen molar-refractivity contribution in [2.45, 2.75) is 32.7 Å². The monoisotopic (exact) mass is 276 g/mol. The predicted octanol–water partition coefficient (Wildman–Crippen LogP) is 3.71. The third-order valence-corrected chi connectivity index (χ3v) is 3.78. The van der Waals surface area contributed by atoms with Gasteiger partial charge < -0.3 is 10.6 Å². The number of nitrogens with one attached hydrogen (secondary N) is 2. The molecule has 0 saturated carbocycles. The van der Waals surface area contributed by atoms with Gasteiger partial charge in [-0.05, 0) is 35.7 Å². The fraction of sp³-hybridized carbons (Fsp3) is 0.429. The Hall–Kier alpha value is -1.62. The SMILES string of the molecule is CCCc1c(NC)ncnc1NC(C)c1ccsc1. The van der Waals surface area contributed by atoms with Gasteiger partial charge in [0.05, 0.1) is 6.04 Å². The van der Waals surface area contributed by atoms with Crippen LogP contribution in [0.2, 0.25) is 0 Å². The van der Waals surface area contributed by atoms with E-state index in [9.17, 15) is 0 Å². The quantitative estimate of drug-likeness (QED) is 0.844. The molecule has 2 rings (SSSR count). The third-order valence-electron chi connectivity index (χ3n) is 3.08. The number of anilines is 2. The van der Waals surface area contributed by atoms with E-state index in [1.165, 1.54) is 5.56 Å². The molecule has 0 radical (unpaired) electrons. The number of hydrogen-bond donors (Lipinski definition) is 2. The minimum Gasteiger partial charge on any atom is -0.373 e. The van der Waals surface area contributed by atoms with Gasteiger partial charge in [0.2, 0.25) is 0 Å². The second kappa shape index (κ2) is 6.52. The molecule has 19 heavy (non-hydrogen) atoms. The maximum absolute atomic E-state index is 4.40. The molecule has 0 bridgehead atoms. The molecule has 102 valence electrons. The molecule has 2 N–H and O–H groups in total. The Morgan fingerprint density at radius 1 is 1.32 bits per heavy atom. The standard InChI is InChI=1S/C14H20N4S/c1-4-5-12-13(15-3)16-9-17-14(12)18-10(2)11-6-7-19-8-11/h6-10H,4-5H2,1-3H3,(H2,15,16,17,18). The van der Waals surface area contributed by atoms with Crippen molar-refractivity contribution in [3.05, 3.63) is 34.3 Å². The highest BCUT2D eigenvalue weighted by Crippen LogP contribution is 2.26. The lowest BCUT2D eigenvalue weighted by atomic mass is 10.1. The van der Waals surface area contributed by atoms with Crippen molar-refractivity contribution in [2.24, 2.45) is 0 Å². The van der Waals surface area contributed by atoms with Crippen LogP contribution < -0.4 is 10.6 Å². The van der Waals surface area contributed by atoms with E-state index in [0.717, 1.165) is 30.0 Å². The summed E-state index contributed by atoms with van der Waals surface area (Å²) >= 11 is 1.72. The zero-order valence-corrected chi connectivity index (χ0v) is 12.4. The first-order chi connectivity index (χ1) is 9.26. The molecule has 5 heteroatoms. The first-order valence-corrected chi connectivity index (χ1v) is 7.50. The molecule has 0 aromatic carbocycles. The molecular weight excluding hydrogens is 256 g/mol. The highest BCUT2D eigenvalue weighted by molar-refractivity contribution is 7.07. The number of hydrogen-bond acceptors (Lipinski definition) is 5. The molecule has 0 aliphatic carbocycles. The van der Waals surface area contributed by atoms with Crippen molar-refractivity contribution in [3.8, 4) is 0 Å². The predicted molar refractivity (Wildman–Crippen MR) is 81.9 cm³/mol. The first kappa shape index (κ1) is 13.8. The summed E-state index contributed by atoms with van der Waals surface area (Å²) in [5, 5.41) is 10.9. The van der Waals surface area contributed by atoms with Crippen molar-refractivity contribution in [1.29, 1.82) is 0 Å². The topological polar surface area (TPSA) is 49.8 Å². The van der Waals surface area contributed by atoms with Crippen LogP contribution in [0, 0.1) is 0 Å². The molecule has 0 aliphatic rings. The molecule has 4 nitrogen and oxygen atoms in total. The third kappa shape index (κ3) is 3.23. The van der Waals surface area contributed by atoms with Crippen molar-refractivity contribution in [3.63, 3.8) is 0 Å². The Kier molecular flexibility index (Phi) is 4.74. The van der Waals surface area contributed by atoms with E-state index < -0.39 is 0 Å². The van der Waals surface area contributed by atoms with Gasteiger partial charge in [0, 0.05) is 12.6 Å². The Bertz CT molecular complexity index is 510. The lowest BCUT2D eigenvalue weighted by Crippen LogP contribution is -2.11. The summed E-state index contributed by atoms with van der Waals surface area (Å²) in [7, 11) is 1.90. The van der Waals surface area contributed by atoms with E-state index in [1.807, 2.05) is 7.05 Å². The van der Waals surface area contributed by atoms with E-state index in [-0.39, 0.29) is 6.04 Å². The van der Waals surface area contributed by atoms with Crippen LogP contribution in [0.1, 0.15) is 37.4 Å². The van der Waals surface area contributed by atoms with Gasteiger partial charge in [0.1, 0.15) is 18.0 Å². The molecule has 0 fully saturated rings. The summed E-state index contributed by atoms with van der Waals surface area (Å²) in [6, 6.07) is 2.39. The second-order valence-corrected chi connectivity index (χ2v) is 5.25. The van der Waals surface area contributed by atoms with Crippen LogP contribution in [-0.2, 0) is 6.42 Å². The molecule has 2 aromatic heterocycles. The molecule has 2 heterocycles. The van der Waals surface area contributed by atoms with Gasteiger partial charge in [0.25, 0.3) is 0 Å². The van der Waals surface area contributed by atoms with Crippen molar-refractivity contribution in [2.75, 3.05) is 17.7 Å². The zero-order valence-electron chi connectivity index (χ0n) is 11.6. The molecule has 0 saturated heterocycles. The lowest BCUT2D eigenvalue weighted by Gasteiger charge is -2.17. The van der Waals surface area contributed by atoms with Gasteiger partial charge in [-0.1, -0.05) is 13.3 Å². The largest absolute Gasteiger partial charge is 0.373 e. The number of thiophene rings is 1. The molecule has 2 aromatic rings. The van der Waals surface area contributed by atoms with Gasteiger partial charge in [-0.15, -0.1) is 0 Å². The number of rotatable bonds is 6. The summed E-state index contributed by atoms with van der Waals surface area (Å²) < 4.78 is 0. The molecule has 0 spiro atoms. The van der Waals surface area contributed by atoms with Crippen LogP contribution >= 0.6 is 11.3 Å². The Morgan fingerprint density at radius 2 is 2.11 bits per heavy atom. The molecule has 0 aliphatic heterocycles. The summed E-state index contributed by atoms with van der Waals surface area (Å²) in [4.78, 5) is 8.68.